The van der Waals surface area contributed by atoms with E-state index in [-0.39, 0.29) is 0 Å². The Hall–Kier alpha value is -6.52. The van der Waals surface area contributed by atoms with E-state index in [1.54, 1.807) is 12.4 Å². The van der Waals surface area contributed by atoms with Crippen molar-refractivity contribution in [1.29, 1.82) is 0 Å². The number of nitrogens with zero attached hydrogens (tertiary/aromatic N) is 4. The van der Waals surface area contributed by atoms with Crippen molar-refractivity contribution in [2.75, 3.05) is 0 Å². The lowest BCUT2D eigenvalue weighted by molar-refractivity contribution is 1.25. The molecule has 4 nitrogen and oxygen atoms in total. The fourth-order valence-electron chi connectivity index (χ4n) is 6.70. The zero-order chi connectivity index (χ0) is 31.9. The van der Waals surface area contributed by atoms with Gasteiger partial charge in [0.25, 0.3) is 0 Å². The second-order valence-corrected chi connectivity index (χ2v) is 12.0. The number of hydrogen-bond acceptors (Lipinski definition) is 4. The molecular weight excluding hydrogens is 585 g/mol. The van der Waals surface area contributed by atoms with E-state index in [9.17, 15) is 0 Å². The molecule has 0 atom stereocenters. The van der Waals surface area contributed by atoms with E-state index in [2.05, 4.69) is 131 Å². The maximum Gasteiger partial charge on any atom is 0.0731 e. The van der Waals surface area contributed by atoms with Crippen LogP contribution in [0.25, 0.3) is 88.5 Å². The van der Waals surface area contributed by atoms with Crippen LogP contribution in [0, 0.1) is 0 Å². The molecule has 0 spiro atoms. The SMILES string of the molecule is c1cncc(-c2cc(-c3cccc(-c4cccc(-c5ccc6c7ccccc7c7ccccc7c6c5)c4)n3)cc(-c3cccnc3)n2)c1. The molecule has 0 fully saturated rings. The van der Waals surface area contributed by atoms with E-state index in [4.69, 9.17) is 9.97 Å². The molecule has 0 aliphatic rings. The number of pyridine rings is 4. The molecule has 0 N–H and O–H groups in total. The van der Waals surface area contributed by atoms with Gasteiger partial charge in [-0.2, -0.15) is 0 Å². The van der Waals surface area contributed by atoms with Crippen molar-refractivity contribution in [3.8, 4) is 56.2 Å². The molecule has 0 saturated heterocycles. The first kappa shape index (κ1) is 27.8. The Morgan fingerprint density at radius 3 is 1.35 bits per heavy atom. The van der Waals surface area contributed by atoms with Crippen molar-refractivity contribution in [3.05, 3.63) is 170 Å². The van der Waals surface area contributed by atoms with Gasteiger partial charge in [-0.1, -0.05) is 84.9 Å². The van der Waals surface area contributed by atoms with E-state index >= 15 is 0 Å². The van der Waals surface area contributed by atoms with Crippen LogP contribution in [-0.4, -0.2) is 19.9 Å². The quantitative estimate of drug-likeness (QED) is 0.181. The fraction of sp³-hybridized carbons (Fsp3) is 0. The van der Waals surface area contributed by atoms with Crippen LogP contribution in [0.5, 0.6) is 0 Å². The summed E-state index contributed by atoms with van der Waals surface area (Å²) in [7, 11) is 0. The third kappa shape index (κ3) is 4.97. The van der Waals surface area contributed by atoms with Gasteiger partial charge in [-0.05, 0) is 104 Å². The number of fused-ring (bicyclic) bond motifs is 6. The Bertz CT molecular complexity index is 2520. The lowest BCUT2D eigenvalue weighted by atomic mass is 9.91. The minimum atomic E-state index is 0.838. The van der Waals surface area contributed by atoms with Crippen molar-refractivity contribution in [2.24, 2.45) is 0 Å². The minimum absolute atomic E-state index is 0.838. The summed E-state index contributed by atoms with van der Waals surface area (Å²) in [6, 6.07) is 51.2. The van der Waals surface area contributed by atoms with E-state index in [0.717, 1.165) is 50.6 Å². The Kier molecular flexibility index (Phi) is 6.76. The van der Waals surface area contributed by atoms with Gasteiger partial charge in [0.15, 0.2) is 0 Å². The average molecular weight is 613 g/mol. The van der Waals surface area contributed by atoms with Gasteiger partial charge < -0.3 is 0 Å². The summed E-state index contributed by atoms with van der Waals surface area (Å²) in [5.41, 5.74) is 9.73. The second kappa shape index (κ2) is 11.7. The molecule has 4 heteroatoms. The highest BCUT2D eigenvalue weighted by Crippen LogP contribution is 2.38. The maximum atomic E-state index is 5.18. The molecule has 224 valence electrons. The van der Waals surface area contributed by atoms with Gasteiger partial charge in [0.2, 0.25) is 0 Å². The van der Waals surface area contributed by atoms with Crippen LogP contribution in [-0.2, 0) is 0 Å². The maximum absolute atomic E-state index is 5.18. The molecule has 0 unspecified atom stereocenters. The van der Waals surface area contributed by atoms with E-state index < -0.39 is 0 Å². The van der Waals surface area contributed by atoms with Crippen molar-refractivity contribution < 1.29 is 0 Å². The normalized spacial score (nSPS) is 11.3. The largest absolute Gasteiger partial charge is 0.264 e. The minimum Gasteiger partial charge on any atom is -0.264 e. The number of rotatable bonds is 5. The second-order valence-electron chi connectivity index (χ2n) is 12.0. The highest BCUT2D eigenvalue weighted by Gasteiger charge is 2.13. The first-order valence-corrected chi connectivity index (χ1v) is 16.0. The third-order valence-electron chi connectivity index (χ3n) is 9.02. The molecule has 0 saturated carbocycles. The molecule has 4 heterocycles. The molecule has 48 heavy (non-hydrogen) atoms. The molecular formula is C44H28N4. The number of aromatic nitrogens is 4. The Labute approximate surface area is 278 Å². The average Bonchev–Trinajstić information content (AvgIpc) is 3.18. The zero-order valence-electron chi connectivity index (χ0n) is 26.0. The van der Waals surface area contributed by atoms with Crippen LogP contribution in [0.4, 0.5) is 0 Å². The fourth-order valence-corrected chi connectivity index (χ4v) is 6.70. The van der Waals surface area contributed by atoms with Gasteiger partial charge in [0.05, 0.1) is 22.8 Å². The van der Waals surface area contributed by atoms with Gasteiger partial charge in [-0.15, -0.1) is 0 Å². The molecule has 0 aliphatic carbocycles. The lowest BCUT2D eigenvalue weighted by Crippen LogP contribution is -1.94. The number of hydrogen-bond donors (Lipinski definition) is 0. The van der Waals surface area contributed by atoms with Gasteiger partial charge in [-0.25, -0.2) is 9.97 Å². The topological polar surface area (TPSA) is 51.6 Å². The van der Waals surface area contributed by atoms with Crippen LogP contribution in [0.2, 0.25) is 0 Å². The van der Waals surface area contributed by atoms with Gasteiger partial charge >= 0.3 is 0 Å². The molecule has 5 aromatic carbocycles. The Balaban J connectivity index is 1.14. The zero-order valence-corrected chi connectivity index (χ0v) is 26.0. The predicted octanol–water partition coefficient (Wildman–Crippen LogP) is 11.1. The standard InChI is InChI=1S/C44H28N4/c1-2-15-37-35(13-1)36-14-3-4-16-38(36)40-24-30(19-20-39(37)40)29-9-5-10-31(23-29)41-17-6-18-42(47-41)34-25-43(32-11-7-21-45-27-32)48-44(26-34)33-12-8-22-46-28-33/h1-28H. The van der Waals surface area contributed by atoms with Crippen molar-refractivity contribution >= 4 is 32.3 Å². The number of benzene rings is 5. The van der Waals surface area contributed by atoms with Crippen LogP contribution < -0.4 is 0 Å². The van der Waals surface area contributed by atoms with Crippen molar-refractivity contribution in [3.63, 3.8) is 0 Å². The molecule has 0 aliphatic heterocycles. The first-order valence-electron chi connectivity index (χ1n) is 16.0. The lowest BCUT2D eigenvalue weighted by Gasteiger charge is -2.13. The Morgan fingerprint density at radius 1 is 0.271 bits per heavy atom. The van der Waals surface area contributed by atoms with Crippen LogP contribution >= 0.6 is 0 Å². The van der Waals surface area contributed by atoms with Crippen molar-refractivity contribution in [1.82, 2.24) is 19.9 Å². The summed E-state index contributed by atoms with van der Waals surface area (Å²) in [5, 5.41) is 7.65. The summed E-state index contributed by atoms with van der Waals surface area (Å²) in [6.07, 6.45) is 7.23. The van der Waals surface area contributed by atoms with E-state index in [0.29, 0.717) is 0 Å². The predicted molar refractivity (Wildman–Crippen MR) is 197 cm³/mol. The van der Waals surface area contributed by atoms with Crippen LogP contribution in [0.1, 0.15) is 0 Å². The van der Waals surface area contributed by atoms with E-state index in [1.807, 2.05) is 36.7 Å². The smallest absolute Gasteiger partial charge is 0.0731 e. The van der Waals surface area contributed by atoms with Crippen molar-refractivity contribution in [2.45, 2.75) is 0 Å². The summed E-state index contributed by atoms with van der Waals surface area (Å²) in [4.78, 5) is 18.8. The van der Waals surface area contributed by atoms with Gasteiger partial charge in [0.1, 0.15) is 0 Å². The summed E-state index contributed by atoms with van der Waals surface area (Å²) >= 11 is 0. The molecule has 0 amide bonds. The van der Waals surface area contributed by atoms with Crippen LogP contribution in [0.3, 0.4) is 0 Å². The first-order chi connectivity index (χ1) is 23.8. The highest BCUT2D eigenvalue weighted by molar-refractivity contribution is 6.25. The van der Waals surface area contributed by atoms with Gasteiger partial charge in [-0.3, -0.25) is 9.97 Å². The summed E-state index contributed by atoms with van der Waals surface area (Å²) < 4.78 is 0. The molecule has 0 radical (unpaired) electrons. The highest BCUT2D eigenvalue weighted by atomic mass is 14.8. The third-order valence-corrected chi connectivity index (χ3v) is 9.02. The van der Waals surface area contributed by atoms with Gasteiger partial charge in [0, 0.05) is 47.0 Å². The van der Waals surface area contributed by atoms with Crippen LogP contribution in [0.15, 0.2) is 170 Å². The summed E-state index contributed by atoms with van der Waals surface area (Å²) in [5.74, 6) is 0. The molecule has 9 aromatic rings. The molecule has 9 rings (SSSR count). The van der Waals surface area contributed by atoms with E-state index in [1.165, 1.54) is 37.9 Å². The monoisotopic (exact) mass is 612 g/mol. The molecule has 0 bridgehead atoms. The Morgan fingerprint density at radius 2 is 0.750 bits per heavy atom. The molecule has 4 aromatic heterocycles. The summed E-state index contributed by atoms with van der Waals surface area (Å²) in [6.45, 7) is 0.